The molecule has 1 heterocycles. The molecular weight excluding hydrogens is 288 g/mol. The highest BCUT2D eigenvalue weighted by Gasteiger charge is 1.98. The lowest BCUT2D eigenvalue weighted by atomic mass is 10.1. The first-order valence-electron chi connectivity index (χ1n) is 8.00. The van der Waals surface area contributed by atoms with Gasteiger partial charge < -0.3 is 19.9 Å². The van der Waals surface area contributed by atoms with Crippen molar-refractivity contribution < 1.29 is 4.74 Å². The molecule has 0 saturated carbocycles. The number of guanidine groups is 1. The number of nitrogens with one attached hydrogen (secondary N) is 2. The van der Waals surface area contributed by atoms with Crippen LogP contribution in [0.3, 0.4) is 0 Å². The molecule has 0 saturated heterocycles. The van der Waals surface area contributed by atoms with E-state index < -0.39 is 0 Å². The van der Waals surface area contributed by atoms with Crippen LogP contribution < -0.4 is 15.4 Å². The summed E-state index contributed by atoms with van der Waals surface area (Å²) in [7, 11) is 3.49. The highest BCUT2D eigenvalue weighted by atomic mass is 16.5. The fraction of sp³-hybridized carbons (Fsp3) is 0.389. The molecule has 2 aromatic rings. The summed E-state index contributed by atoms with van der Waals surface area (Å²) in [6.45, 7) is 2.68. The third-order valence-electron chi connectivity index (χ3n) is 3.65. The van der Waals surface area contributed by atoms with Crippen molar-refractivity contribution in [2.45, 2.75) is 19.4 Å². The number of aliphatic imine (C=N–C) groups is 1. The zero-order valence-corrected chi connectivity index (χ0v) is 14.0. The van der Waals surface area contributed by atoms with E-state index in [1.165, 1.54) is 5.56 Å². The minimum Gasteiger partial charge on any atom is -0.497 e. The Kier molecular flexibility index (Phi) is 7.04. The van der Waals surface area contributed by atoms with E-state index in [1.54, 1.807) is 14.2 Å². The van der Waals surface area contributed by atoms with Crippen molar-refractivity contribution in [3.8, 4) is 5.75 Å². The van der Waals surface area contributed by atoms with Crippen LogP contribution in [-0.2, 0) is 13.0 Å². The topological polar surface area (TPSA) is 50.6 Å². The number of aryl methyl sites for hydroxylation is 1. The molecule has 2 N–H and O–H groups in total. The highest BCUT2D eigenvalue weighted by Crippen LogP contribution is 2.12. The third-order valence-corrected chi connectivity index (χ3v) is 3.65. The van der Waals surface area contributed by atoms with E-state index in [1.807, 2.05) is 24.3 Å². The van der Waals surface area contributed by atoms with Gasteiger partial charge in [0.1, 0.15) is 5.75 Å². The van der Waals surface area contributed by atoms with Gasteiger partial charge in [-0.2, -0.15) is 0 Å². The van der Waals surface area contributed by atoms with E-state index in [0.29, 0.717) is 0 Å². The van der Waals surface area contributed by atoms with Crippen LogP contribution in [0.25, 0.3) is 0 Å². The van der Waals surface area contributed by atoms with Crippen LogP contribution in [-0.4, -0.2) is 37.8 Å². The van der Waals surface area contributed by atoms with E-state index >= 15 is 0 Å². The number of aromatic nitrogens is 1. The number of benzene rings is 1. The predicted molar refractivity (Wildman–Crippen MR) is 95.1 cm³/mol. The zero-order chi connectivity index (χ0) is 16.3. The molecule has 0 fully saturated rings. The van der Waals surface area contributed by atoms with Gasteiger partial charge in [-0.25, -0.2) is 0 Å². The van der Waals surface area contributed by atoms with Gasteiger partial charge in [0, 0.05) is 39.1 Å². The lowest BCUT2D eigenvalue weighted by Gasteiger charge is -2.12. The first-order chi connectivity index (χ1) is 11.3. The second kappa shape index (κ2) is 9.56. The Morgan fingerprint density at radius 1 is 1.09 bits per heavy atom. The van der Waals surface area contributed by atoms with Crippen LogP contribution >= 0.6 is 0 Å². The van der Waals surface area contributed by atoms with Gasteiger partial charge in [-0.05, 0) is 42.7 Å². The molecule has 5 nitrogen and oxygen atoms in total. The van der Waals surface area contributed by atoms with Crippen LogP contribution in [0.15, 0.2) is 53.8 Å². The van der Waals surface area contributed by atoms with E-state index in [0.717, 1.165) is 44.2 Å². The summed E-state index contributed by atoms with van der Waals surface area (Å²) >= 11 is 0. The minimum atomic E-state index is 0.854. The molecular formula is C18H26N4O. The summed E-state index contributed by atoms with van der Waals surface area (Å²) in [6.07, 6.45) is 6.22. The molecule has 0 unspecified atom stereocenters. The molecule has 1 aromatic carbocycles. The molecule has 0 aliphatic rings. The van der Waals surface area contributed by atoms with E-state index in [2.05, 4.69) is 44.7 Å². The number of ether oxygens (including phenoxy) is 1. The summed E-state index contributed by atoms with van der Waals surface area (Å²) in [5.74, 6) is 1.76. The Bertz CT molecular complexity index is 576. The van der Waals surface area contributed by atoms with E-state index in [4.69, 9.17) is 4.74 Å². The number of methoxy groups -OCH3 is 1. The minimum absolute atomic E-state index is 0.854. The SMILES string of the molecule is CN=C(NCCCc1ccc(OC)cc1)NCCn1cccc1. The van der Waals surface area contributed by atoms with Gasteiger partial charge in [-0.3, -0.25) is 4.99 Å². The molecule has 0 spiro atoms. The summed E-state index contributed by atoms with van der Waals surface area (Å²) in [4.78, 5) is 4.24. The molecule has 5 heteroatoms. The van der Waals surface area contributed by atoms with Crippen LogP contribution in [0.2, 0.25) is 0 Å². The van der Waals surface area contributed by atoms with E-state index in [9.17, 15) is 0 Å². The fourth-order valence-electron chi connectivity index (χ4n) is 2.33. The molecule has 0 atom stereocenters. The monoisotopic (exact) mass is 314 g/mol. The van der Waals surface area contributed by atoms with Crippen LogP contribution in [0.1, 0.15) is 12.0 Å². The normalized spacial score (nSPS) is 11.3. The standard InChI is InChI=1S/C18H26N4O/c1-19-18(21-12-15-22-13-3-4-14-22)20-11-5-6-16-7-9-17(23-2)10-8-16/h3-4,7-10,13-14H,5-6,11-12,15H2,1-2H3,(H2,19,20,21). The Labute approximate surface area is 138 Å². The average Bonchev–Trinajstić information content (AvgIpc) is 3.11. The van der Waals surface area contributed by atoms with E-state index in [-0.39, 0.29) is 0 Å². The van der Waals surface area contributed by atoms with Crippen molar-refractivity contribution >= 4 is 5.96 Å². The van der Waals surface area contributed by atoms with Gasteiger partial charge in [0.05, 0.1) is 7.11 Å². The molecule has 2 rings (SSSR count). The number of hydrogen-bond acceptors (Lipinski definition) is 2. The van der Waals surface area contributed by atoms with Gasteiger partial charge in [-0.15, -0.1) is 0 Å². The Balaban J connectivity index is 1.61. The second-order valence-corrected chi connectivity index (χ2v) is 5.30. The summed E-state index contributed by atoms with van der Waals surface area (Å²) in [6, 6.07) is 12.3. The first-order valence-corrected chi connectivity index (χ1v) is 8.00. The summed E-state index contributed by atoms with van der Waals surface area (Å²) in [5, 5.41) is 6.67. The molecule has 0 aliphatic carbocycles. The van der Waals surface area contributed by atoms with Crippen LogP contribution in [0, 0.1) is 0 Å². The molecule has 23 heavy (non-hydrogen) atoms. The van der Waals surface area contributed by atoms with Gasteiger partial charge >= 0.3 is 0 Å². The fourth-order valence-corrected chi connectivity index (χ4v) is 2.33. The Hall–Kier alpha value is -2.43. The van der Waals surface area contributed by atoms with Crippen molar-refractivity contribution in [1.29, 1.82) is 0 Å². The second-order valence-electron chi connectivity index (χ2n) is 5.30. The van der Waals surface area contributed by atoms with Gasteiger partial charge in [-0.1, -0.05) is 12.1 Å². The maximum Gasteiger partial charge on any atom is 0.191 e. The van der Waals surface area contributed by atoms with Crippen LogP contribution in [0.5, 0.6) is 5.75 Å². The Morgan fingerprint density at radius 3 is 2.43 bits per heavy atom. The molecule has 0 aliphatic heterocycles. The number of rotatable bonds is 8. The van der Waals surface area contributed by atoms with Crippen molar-refractivity contribution in [3.63, 3.8) is 0 Å². The van der Waals surface area contributed by atoms with Crippen LogP contribution in [0.4, 0.5) is 0 Å². The zero-order valence-electron chi connectivity index (χ0n) is 14.0. The maximum atomic E-state index is 5.17. The summed E-state index contributed by atoms with van der Waals surface area (Å²) < 4.78 is 7.31. The first kappa shape index (κ1) is 16.9. The number of nitrogens with zero attached hydrogens (tertiary/aromatic N) is 2. The van der Waals surface area contributed by atoms with Crippen molar-refractivity contribution in [2.75, 3.05) is 27.2 Å². The smallest absolute Gasteiger partial charge is 0.191 e. The maximum absolute atomic E-state index is 5.17. The largest absolute Gasteiger partial charge is 0.497 e. The predicted octanol–water partition coefficient (Wildman–Crippen LogP) is 2.29. The van der Waals surface area contributed by atoms with Crippen molar-refractivity contribution in [3.05, 3.63) is 54.4 Å². The van der Waals surface area contributed by atoms with Gasteiger partial charge in [0.25, 0.3) is 0 Å². The molecule has 1 aromatic heterocycles. The van der Waals surface area contributed by atoms with Gasteiger partial charge in [0.2, 0.25) is 0 Å². The third kappa shape index (κ3) is 6.06. The quantitative estimate of drug-likeness (QED) is 0.446. The molecule has 0 radical (unpaired) electrons. The molecule has 0 amide bonds. The summed E-state index contributed by atoms with van der Waals surface area (Å²) in [5.41, 5.74) is 1.32. The van der Waals surface area contributed by atoms with Gasteiger partial charge in [0.15, 0.2) is 5.96 Å². The molecule has 0 bridgehead atoms. The lowest BCUT2D eigenvalue weighted by Crippen LogP contribution is -2.39. The average molecular weight is 314 g/mol. The molecule has 124 valence electrons. The van der Waals surface area contributed by atoms with Crippen molar-refractivity contribution in [1.82, 2.24) is 15.2 Å². The lowest BCUT2D eigenvalue weighted by molar-refractivity contribution is 0.414. The number of hydrogen-bond donors (Lipinski definition) is 2. The highest BCUT2D eigenvalue weighted by molar-refractivity contribution is 5.79. The van der Waals surface area contributed by atoms with Crippen molar-refractivity contribution in [2.24, 2.45) is 4.99 Å². The Morgan fingerprint density at radius 2 is 1.78 bits per heavy atom.